The van der Waals surface area contributed by atoms with Crippen LogP contribution in [0.25, 0.3) is 121 Å². The van der Waals surface area contributed by atoms with Gasteiger partial charge in [0.2, 0.25) is 0 Å². The van der Waals surface area contributed by atoms with E-state index in [1.165, 1.54) is 21.7 Å². The fraction of sp³-hybridized carbons (Fsp3) is 0. The van der Waals surface area contributed by atoms with E-state index in [1.807, 2.05) is 36.7 Å². The van der Waals surface area contributed by atoms with Crippen LogP contribution in [0.4, 0.5) is 0 Å². The van der Waals surface area contributed by atoms with Crippen molar-refractivity contribution < 1.29 is 8.83 Å². The summed E-state index contributed by atoms with van der Waals surface area (Å²) in [6, 6.07) is 60.1. The Labute approximate surface area is 330 Å². The molecule has 13 rings (SSSR count). The van der Waals surface area contributed by atoms with E-state index in [1.54, 1.807) is 0 Å². The Morgan fingerprint density at radius 2 is 0.879 bits per heavy atom. The second kappa shape index (κ2) is 11.8. The summed E-state index contributed by atoms with van der Waals surface area (Å²) in [4.78, 5) is 9.41. The molecule has 0 unspecified atom stereocenters. The van der Waals surface area contributed by atoms with Gasteiger partial charge in [0, 0.05) is 50.3 Å². The number of para-hydroxylation sites is 4. The summed E-state index contributed by atoms with van der Waals surface area (Å²) in [6.07, 6.45) is 3.65. The highest BCUT2D eigenvalue weighted by Gasteiger charge is 2.26. The smallest absolute Gasteiger partial charge is 0.161 e. The van der Waals surface area contributed by atoms with Gasteiger partial charge in [-0.05, 0) is 89.5 Å². The molecule has 0 radical (unpaired) electrons. The zero-order valence-electron chi connectivity index (χ0n) is 30.9. The van der Waals surface area contributed by atoms with Crippen molar-refractivity contribution in [3.63, 3.8) is 0 Å². The molecule has 0 bridgehead atoms. The highest BCUT2D eigenvalue weighted by atomic mass is 16.3. The highest BCUT2D eigenvalue weighted by Crippen LogP contribution is 2.49. The minimum absolute atomic E-state index is 0.774. The number of benzene rings is 7. The molecule has 0 N–H and O–H groups in total. The number of aromatic nitrogens is 4. The van der Waals surface area contributed by atoms with Crippen LogP contribution in [0.15, 0.2) is 191 Å². The number of hydrogen-bond acceptors (Lipinski definition) is 4. The van der Waals surface area contributed by atoms with Crippen molar-refractivity contribution >= 4 is 87.7 Å². The Balaban J connectivity index is 1.18. The van der Waals surface area contributed by atoms with Crippen molar-refractivity contribution in [1.82, 2.24) is 19.1 Å². The van der Waals surface area contributed by atoms with Gasteiger partial charge >= 0.3 is 0 Å². The average molecular weight is 743 g/mol. The molecule has 0 amide bonds. The summed E-state index contributed by atoms with van der Waals surface area (Å²) < 4.78 is 17.9. The first-order chi connectivity index (χ1) is 28.8. The van der Waals surface area contributed by atoms with Crippen molar-refractivity contribution in [2.45, 2.75) is 0 Å². The summed E-state index contributed by atoms with van der Waals surface area (Å²) in [6.45, 7) is 0. The van der Waals surface area contributed by atoms with E-state index in [2.05, 4.69) is 155 Å². The number of nitrogens with zero attached hydrogens (tertiary/aromatic N) is 4. The van der Waals surface area contributed by atoms with Gasteiger partial charge in [0.25, 0.3) is 0 Å². The van der Waals surface area contributed by atoms with E-state index < -0.39 is 0 Å². The zero-order chi connectivity index (χ0) is 37.9. The van der Waals surface area contributed by atoms with Gasteiger partial charge in [-0.25, -0.2) is 0 Å². The molecule has 7 aromatic carbocycles. The zero-order valence-corrected chi connectivity index (χ0v) is 30.9. The van der Waals surface area contributed by atoms with E-state index in [4.69, 9.17) is 18.8 Å². The topological polar surface area (TPSA) is 61.9 Å². The number of furan rings is 2. The third-order valence-corrected chi connectivity index (χ3v) is 11.8. The van der Waals surface area contributed by atoms with Crippen LogP contribution in [-0.4, -0.2) is 19.1 Å². The van der Waals surface area contributed by atoms with Gasteiger partial charge in [0.1, 0.15) is 11.0 Å². The van der Waals surface area contributed by atoms with E-state index in [-0.39, 0.29) is 0 Å². The first-order valence-electron chi connectivity index (χ1n) is 19.5. The Bertz CT molecular complexity index is 3810. The van der Waals surface area contributed by atoms with Crippen LogP contribution >= 0.6 is 0 Å². The normalized spacial score (nSPS) is 12.1. The first kappa shape index (κ1) is 31.3. The van der Waals surface area contributed by atoms with Crippen molar-refractivity contribution in [2.75, 3.05) is 0 Å². The van der Waals surface area contributed by atoms with Gasteiger partial charge < -0.3 is 18.0 Å². The lowest BCUT2D eigenvalue weighted by atomic mass is 9.88. The molecule has 0 aliphatic carbocycles. The lowest BCUT2D eigenvalue weighted by Crippen LogP contribution is -1.96. The molecule has 270 valence electrons. The third-order valence-electron chi connectivity index (χ3n) is 11.8. The second-order valence-electron chi connectivity index (χ2n) is 14.9. The van der Waals surface area contributed by atoms with E-state index >= 15 is 0 Å². The maximum atomic E-state index is 6.62. The SMILES string of the molecule is c1ccc(-c2ccc3c(c2-c2cccc4c2c2ccccc2n4-c2cccc4c2oc2cccnc24)c2ccccc2n3-c2cccc3c2oc2cccnc23)cc1. The maximum Gasteiger partial charge on any atom is 0.161 e. The lowest BCUT2D eigenvalue weighted by Gasteiger charge is -2.16. The molecule has 0 saturated heterocycles. The number of rotatable bonds is 4. The van der Waals surface area contributed by atoms with Gasteiger partial charge in [-0.2, -0.15) is 0 Å². The quantitative estimate of drug-likeness (QED) is 0.180. The standard InChI is InChI=1S/C52H30N4O2/c1-2-13-31(14-3-1)32-27-28-41-48(34-16-5-7-21-39(34)56(41)43-24-10-19-37-50-45(58-52(37)43)26-12-30-54-50)47(32)35-17-8-22-40-46(35)33-15-4-6-20-38(33)55(40)42-23-9-18-36-49-44(57-51(36)42)25-11-29-53-49/h1-30H. The Kier molecular flexibility index (Phi) is 6.35. The largest absolute Gasteiger partial charge is 0.452 e. The van der Waals surface area contributed by atoms with Gasteiger partial charge in [-0.3, -0.25) is 9.97 Å². The molecule has 0 atom stereocenters. The van der Waals surface area contributed by atoms with Crippen molar-refractivity contribution in [3.05, 3.63) is 182 Å². The third kappa shape index (κ3) is 4.20. The molecular formula is C52H30N4O2. The summed E-state index contributed by atoms with van der Waals surface area (Å²) in [5.74, 6) is 0. The van der Waals surface area contributed by atoms with Crippen LogP contribution in [0.3, 0.4) is 0 Å². The molecule has 0 spiro atoms. The number of pyridine rings is 2. The molecule has 58 heavy (non-hydrogen) atoms. The summed E-state index contributed by atoms with van der Waals surface area (Å²) in [5.41, 5.74) is 15.9. The molecule has 6 aromatic heterocycles. The molecular weight excluding hydrogens is 713 g/mol. The average Bonchev–Trinajstić information content (AvgIpc) is 4.04. The predicted octanol–water partition coefficient (Wildman–Crippen LogP) is 13.8. The highest BCUT2D eigenvalue weighted by molar-refractivity contribution is 6.25. The van der Waals surface area contributed by atoms with Crippen molar-refractivity contribution in [3.8, 4) is 33.6 Å². The minimum atomic E-state index is 0.774. The van der Waals surface area contributed by atoms with Crippen LogP contribution in [-0.2, 0) is 0 Å². The Morgan fingerprint density at radius 3 is 1.52 bits per heavy atom. The van der Waals surface area contributed by atoms with Gasteiger partial charge in [0.15, 0.2) is 22.3 Å². The predicted molar refractivity (Wildman–Crippen MR) is 236 cm³/mol. The monoisotopic (exact) mass is 742 g/mol. The minimum Gasteiger partial charge on any atom is -0.452 e. The van der Waals surface area contributed by atoms with Gasteiger partial charge in [0.05, 0.1) is 33.4 Å². The molecule has 6 heteroatoms. The molecule has 6 heterocycles. The fourth-order valence-electron chi connectivity index (χ4n) is 9.50. The van der Waals surface area contributed by atoms with E-state index in [0.717, 1.165) is 99.7 Å². The van der Waals surface area contributed by atoms with Crippen molar-refractivity contribution in [2.24, 2.45) is 0 Å². The summed E-state index contributed by atoms with van der Waals surface area (Å²) in [7, 11) is 0. The van der Waals surface area contributed by atoms with Crippen LogP contribution in [0.5, 0.6) is 0 Å². The summed E-state index contributed by atoms with van der Waals surface area (Å²) in [5, 5.41) is 6.67. The Hall–Kier alpha value is -7.96. The van der Waals surface area contributed by atoms with Crippen molar-refractivity contribution in [1.29, 1.82) is 0 Å². The second-order valence-corrected chi connectivity index (χ2v) is 14.9. The molecule has 0 fully saturated rings. The van der Waals surface area contributed by atoms with Crippen LogP contribution < -0.4 is 0 Å². The lowest BCUT2D eigenvalue weighted by molar-refractivity contribution is 0.665. The van der Waals surface area contributed by atoms with Crippen LogP contribution in [0.1, 0.15) is 0 Å². The maximum absolute atomic E-state index is 6.62. The summed E-state index contributed by atoms with van der Waals surface area (Å²) >= 11 is 0. The number of fused-ring (bicyclic) bond motifs is 12. The molecule has 0 aliphatic heterocycles. The number of hydrogen-bond donors (Lipinski definition) is 0. The van der Waals surface area contributed by atoms with Crippen LogP contribution in [0.2, 0.25) is 0 Å². The fourth-order valence-corrected chi connectivity index (χ4v) is 9.50. The molecule has 0 aliphatic rings. The van der Waals surface area contributed by atoms with E-state index in [9.17, 15) is 0 Å². The first-order valence-corrected chi connectivity index (χ1v) is 19.5. The van der Waals surface area contributed by atoms with Gasteiger partial charge in [-0.1, -0.05) is 97.1 Å². The molecule has 6 nitrogen and oxygen atoms in total. The van der Waals surface area contributed by atoms with Gasteiger partial charge in [-0.15, -0.1) is 0 Å². The molecule has 0 saturated carbocycles. The van der Waals surface area contributed by atoms with Crippen LogP contribution in [0, 0.1) is 0 Å². The van der Waals surface area contributed by atoms with E-state index in [0.29, 0.717) is 0 Å². The molecule has 13 aromatic rings. The Morgan fingerprint density at radius 1 is 0.362 bits per heavy atom.